The summed E-state index contributed by atoms with van der Waals surface area (Å²) in [5, 5.41) is 0. The highest BCUT2D eigenvalue weighted by atomic mass is 16.6. The molecule has 7 nitrogen and oxygen atoms in total. The van der Waals surface area contributed by atoms with E-state index in [-0.39, 0.29) is 6.61 Å². The summed E-state index contributed by atoms with van der Waals surface area (Å²) in [5.41, 5.74) is 10.3. The fourth-order valence-corrected chi connectivity index (χ4v) is 0.875. The minimum absolute atomic E-state index is 0.114. The van der Waals surface area contributed by atoms with E-state index in [0.717, 1.165) is 0 Å². The molecular weight excluding hydrogens is 228 g/mol. The van der Waals surface area contributed by atoms with Crippen LogP contribution >= 0.6 is 0 Å². The van der Waals surface area contributed by atoms with Gasteiger partial charge in [0.2, 0.25) is 5.91 Å². The molecule has 0 spiro atoms. The molecule has 0 saturated carbocycles. The number of primary amides is 1. The number of nitrogens with two attached hydrogens (primary N) is 2. The van der Waals surface area contributed by atoms with Crippen LogP contribution in [-0.2, 0) is 23.7 Å². The predicted octanol–water partition coefficient (Wildman–Crippen LogP) is -1.50. The largest absolute Gasteiger partial charge is 0.382 e. The lowest BCUT2D eigenvalue weighted by Crippen LogP contribution is -2.40. The first-order valence-electron chi connectivity index (χ1n) is 5.45. The Morgan fingerprint density at radius 2 is 1.47 bits per heavy atom. The molecule has 0 aromatic rings. The van der Waals surface area contributed by atoms with Crippen LogP contribution in [0, 0.1) is 0 Å². The van der Waals surface area contributed by atoms with Gasteiger partial charge in [-0.15, -0.1) is 0 Å². The van der Waals surface area contributed by atoms with Crippen molar-refractivity contribution in [2.45, 2.75) is 6.04 Å². The molecule has 102 valence electrons. The first-order chi connectivity index (χ1) is 8.18. The molecule has 1 amide bonds. The normalized spacial score (nSPS) is 12.6. The summed E-state index contributed by atoms with van der Waals surface area (Å²) in [5.74, 6) is -0.572. The van der Waals surface area contributed by atoms with Crippen LogP contribution in [0.2, 0.25) is 0 Å². The van der Waals surface area contributed by atoms with Crippen molar-refractivity contribution in [3.05, 3.63) is 0 Å². The molecule has 0 heterocycles. The van der Waals surface area contributed by atoms with Crippen LogP contribution in [0.3, 0.4) is 0 Å². The molecule has 0 saturated heterocycles. The summed E-state index contributed by atoms with van der Waals surface area (Å²) in [6.45, 7) is 3.07. The van der Waals surface area contributed by atoms with E-state index in [1.54, 1.807) is 7.11 Å². The van der Waals surface area contributed by atoms with Gasteiger partial charge in [-0.25, -0.2) is 0 Å². The van der Waals surface area contributed by atoms with Gasteiger partial charge in [-0.05, 0) is 0 Å². The van der Waals surface area contributed by atoms with Crippen molar-refractivity contribution >= 4 is 5.91 Å². The van der Waals surface area contributed by atoms with Gasteiger partial charge >= 0.3 is 0 Å². The molecule has 0 aromatic carbocycles. The molecule has 17 heavy (non-hydrogen) atoms. The van der Waals surface area contributed by atoms with E-state index >= 15 is 0 Å². The second-order valence-electron chi connectivity index (χ2n) is 3.30. The van der Waals surface area contributed by atoms with Gasteiger partial charge in [-0.3, -0.25) is 4.79 Å². The summed E-state index contributed by atoms with van der Waals surface area (Å²) in [6, 6.07) is -0.757. The van der Waals surface area contributed by atoms with Crippen molar-refractivity contribution in [2.24, 2.45) is 11.5 Å². The number of hydrogen-bond acceptors (Lipinski definition) is 6. The summed E-state index contributed by atoms with van der Waals surface area (Å²) >= 11 is 0. The molecule has 1 atom stereocenters. The van der Waals surface area contributed by atoms with Gasteiger partial charge in [-0.2, -0.15) is 0 Å². The van der Waals surface area contributed by atoms with Gasteiger partial charge in [0.1, 0.15) is 6.04 Å². The third kappa shape index (κ3) is 11.5. The molecule has 4 N–H and O–H groups in total. The Labute approximate surface area is 101 Å². The van der Waals surface area contributed by atoms with Crippen LogP contribution in [0.1, 0.15) is 0 Å². The third-order valence-electron chi connectivity index (χ3n) is 1.84. The smallest absolute Gasteiger partial charge is 0.236 e. The van der Waals surface area contributed by atoms with Crippen molar-refractivity contribution in [1.82, 2.24) is 0 Å². The maximum Gasteiger partial charge on any atom is 0.236 e. The molecule has 7 heteroatoms. The lowest BCUT2D eigenvalue weighted by atomic mass is 10.3. The average Bonchev–Trinajstić information content (AvgIpc) is 2.31. The minimum atomic E-state index is -0.757. The Bertz CT molecular complexity index is 192. The quantitative estimate of drug-likeness (QED) is 0.408. The van der Waals surface area contributed by atoms with E-state index < -0.39 is 11.9 Å². The molecular formula is C10H22N2O5. The molecule has 1 unspecified atom stereocenters. The van der Waals surface area contributed by atoms with Gasteiger partial charge in [0.25, 0.3) is 0 Å². The Morgan fingerprint density at radius 1 is 1.00 bits per heavy atom. The highest BCUT2D eigenvalue weighted by molar-refractivity contribution is 5.79. The highest BCUT2D eigenvalue weighted by Crippen LogP contribution is 1.84. The predicted molar refractivity (Wildman–Crippen MR) is 61.5 cm³/mol. The number of ether oxygens (including phenoxy) is 4. The SMILES string of the molecule is COCCOCCOCCOCC(N)C(N)=O. The molecule has 0 aliphatic rings. The number of methoxy groups -OCH3 is 1. The third-order valence-corrected chi connectivity index (χ3v) is 1.84. The Balaban J connectivity index is 3.06. The first kappa shape index (κ1) is 16.3. The van der Waals surface area contributed by atoms with Crippen molar-refractivity contribution in [1.29, 1.82) is 0 Å². The Kier molecular flexibility index (Phi) is 11.2. The fraction of sp³-hybridized carbons (Fsp3) is 0.900. The van der Waals surface area contributed by atoms with Crippen molar-refractivity contribution in [3.63, 3.8) is 0 Å². The zero-order valence-electron chi connectivity index (χ0n) is 10.2. The number of carbonyl (C=O) groups is 1. The number of amides is 1. The first-order valence-corrected chi connectivity index (χ1v) is 5.45. The second-order valence-corrected chi connectivity index (χ2v) is 3.30. The zero-order chi connectivity index (χ0) is 12.9. The Hall–Kier alpha value is -0.730. The summed E-state index contributed by atoms with van der Waals surface area (Å²) in [4.78, 5) is 10.5. The van der Waals surface area contributed by atoms with Gasteiger partial charge in [0, 0.05) is 7.11 Å². The van der Waals surface area contributed by atoms with E-state index in [4.69, 9.17) is 30.4 Å². The van der Waals surface area contributed by atoms with Crippen molar-refractivity contribution < 1.29 is 23.7 Å². The van der Waals surface area contributed by atoms with Crippen LogP contribution in [0.25, 0.3) is 0 Å². The van der Waals surface area contributed by atoms with Gasteiger partial charge < -0.3 is 30.4 Å². The lowest BCUT2D eigenvalue weighted by Gasteiger charge is -2.09. The van der Waals surface area contributed by atoms with Gasteiger partial charge in [0.15, 0.2) is 0 Å². The van der Waals surface area contributed by atoms with E-state index in [1.165, 1.54) is 0 Å². The Morgan fingerprint density at radius 3 is 1.94 bits per heavy atom. The van der Waals surface area contributed by atoms with E-state index in [9.17, 15) is 4.79 Å². The molecule has 0 aliphatic heterocycles. The van der Waals surface area contributed by atoms with Crippen molar-refractivity contribution in [2.75, 3.05) is 53.4 Å². The molecule has 0 aliphatic carbocycles. The molecule has 0 rings (SSSR count). The van der Waals surface area contributed by atoms with Crippen LogP contribution in [-0.4, -0.2) is 65.3 Å². The summed E-state index contributed by atoms with van der Waals surface area (Å²) < 4.78 is 20.3. The van der Waals surface area contributed by atoms with E-state index in [1.807, 2.05) is 0 Å². The number of hydrogen-bond donors (Lipinski definition) is 2. The van der Waals surface area contributed by atoms with Gasteiger partial charge in [-0.1, -0.05) is 0 Å². The van der Waals surface area contributed by atoms with E-state index in [2.05, 4.69) is 0 Å². The standard InChI is InChI=1S/C10H22N2O5/c1-14-2-3-15-4-5-16-6-7-17-8-9(11)10(12)13/h9H,2-8,11H2,1H3,(H2,12,13). The van der Waals surface area contributed by atoms with Crippen molar-refractivity contribution in [3.8, 4) is 0 Å². The van der Waals surface area contributed by atoms with Gasteiger partial charge in [0.05, 0.1) is 46.2 Å². The molecule has 0 aromatic heterocycles. The summed E-state index contributed by atoms with van der Waals surface area (Å²) in [6.07, 6.45) is 0. The highest BCUT2D eigenvalue weighted by Gasteiger charge is 2.07. The molecule has 0 radical (unpaired) electrons. The maximum atomic E-state index is 10.5. The average molecular weight is 250 g/mol. The fourth-order valence-electron chi connectivity index (χ4n) is 0.875. The summed E-state index contributed by atoms with van der Waals surface area (Å²) in [7, 11) is 1.62. The second kappa shape index (κ2) is 11.7. The zero-order valence-corrected chi connectivity index (χ0v) is 10.2. The van der Waals surface area contributed by atoms with Crippen LogP contribution in [0.4, 0.5) is 0 Å². The van der Waals surface area contributed by atoms with Crippen LogP contribution in [0.5, 0.6) is 0 Å². The van der Waals surface area contributed by atoms with Crippen LogP contribution in [0.15, 0.2) is 0 Å². The number of rotatable bonds is 12. The van der Waals surface area contributed by atoms with Crippen LogP contribution < -0.4 is 11.5 Å². The maximum absolute atomic E-state index is 10.5. The lowest BCUT2D eigenvalue weighted by molar-refractivity contribution is -0.120. The topological polar surface area (TPSA) is 106 Å². The molecule has 0 fully saturated rings. The molecule has 0 bridgehead atoms. The monoisotopic (exact) mass is 250 g/mol. The number of carbonyl (C=O) groups excluding carboxylic acids is 1. The van der Waals surface area contributed by atoms with E-state index in [0.29, 0.717) is 39.6 Å². The minimum Gasteiger partial charge on any atom is -0.382 e.